The number of carbonyl (C=O) groups is 1. The molecule has 3 heteroatoms. The highest BCUT2D eigenvalue weighted by atomic mass is 79.9. The van der Waals surface area contributed by atoms with Crippen LogP contribution in [0.4, 0.5) is 5.69 Å². The van der Waals surface area contributed by atoms with Gasteiger partial charge in [-0.15, -0.1) is 0 Å². The van der Waals surface area contributed by atoms with Crippen LogP contribution >= 0.6 is 15.9 Å². The van der Waals surface area contributed by atoms with Crippen molar-refractivity contribution in [2.75, 3.05) is 18.5 Å². The fourth-order valence-electron chi connectivity index (χ4n) is 4.02. The molecule has 2 saturated carbocycles. The van der Waals surface area contributed by atoms with Gasteiger partial charge < -0.3 is 4.90 Å². The summed E-state index contributed by atoms with van der Waals surface area (Å²) in [5.41, 5.74) is 1.83. The molecule has 0 heterocycles. The van der Waals surface area contributed by atoms with E-state index < -0.39 is 0 Å². The molecule has 2 fully saturated rings. The number of aldehydes is 1. The molecular weight excluding hydrogens is 302 g/mol. The van der Waals surface area contributed by atoms with Gasteiger partial charge in [0.2, 0.25) is 0 Å². The predicted octanol–water partition coefficient (Wildman–Crippen LogP) is 4.13. The number of anilines is 1. The lowest BCUT2D eigenvalue weighted by Gasteiger charge is -2.29. The summed E-state index contributed by atoms with van der Waals surface area (Å²) >= 11 is 3.42. The molecule has 2 aliphatic rings. The molecule has 102 valence electrons. The number of benzene rings is 1. The quantitative estimate of drug-likeness (QED) is 0.777. The Morgan fingerprint density at radius 1 is 1.37 bits per heavy atom. The largest absolute Gasteiger partial charge is 0.374 e. The Hall–Kier alpha value is -0.830. The summed E-state index contributed by atoms with van der Waals surface area (Å²) in [6.07, 6.45) is 6.66. The summed E-state index contributed by atoms with van der Waals surface area (Å²) in [4.78, 5) is 13.5. The molecule has 0 radical (unpaired) electrons. The Bertz CT molecular complexity index is 488. The molecule has 0 aromatic heterocycles. The van der Waals surface area contributed by atoms with Crippen molar-refractivity contribution in [1.29, 1.82) is 0 Å². The van der Waals surface area contributed by atoms with Gasteiger partial charge in [-0.1, -0.05) is 22.4 Å². The second kappa shape index (κ2) is 5.28. The summed E-state index contributed by atoms with van der Waals surface area (Å²) in [7, 11) is 2.11. The molecule has 0 aliphatic heterocycles. The van der Waals surface area contributed by atoms with Crippen LogP contribution in [0.1, 0.15) is 36.0 Å². The second-order valence-corrected chi connectivity index (χ2v) is 7.05. The number of rotatable bonds is 4. The highest BCUT2D eigenvalue weighted by molar-refractivity contribution is 9.10. The zero-order chi connectivity index (χ0) is 13.4. The summed E-state index contributed by atoms with van der Waals surface area (Å²) in [5.74, 6) is 2.74. The third kappa shape index (κ3) is 2.58. The maximum atomic E-state index is 11.2. The molecule has 0 spiro atoms. The van der Waals surface area contributed by atoms with Crippen molar-refractivity contribution in [2.24, 2.45) is 17.8 Å². The average Bonchev–Trinajstić information content (AvgIpc) is 3.00. The zero-order valence-corrected chi connectivity index (χ0v) is 12.9. The normalized spacial score (nSPS) is 28.6. The molecule has 2 bridgehead atoms. The topological polar surface area (TPSA) is 20.3 Å². The first-order chi connectivity index (χ1) is 9.17. The minimum Gasteiger partial charge on any atom is -0.374 e. The lowest BCUT2D eigenvalue weighted by Crippen LogP contribution is -2.29. The molecule has 0 saturated heterocycles. The molecule has 1 aromatic rings. The van der Waals surface area contributed by atoms with Crippen LogP contribution in [0, 0.1) is 17.8 Å². The van der Waals surface area contributed by atoms with Gasteiger partial charge in [0.25, 0.3) is 0 Å². The Morgan fingerprint density at radius 2 is 2.21 bits per heavy atom. The molecule has 2 nitrogen and oxygen atoms in total. The van der Waals surface area contributed by atoms with Crippen LogP contribution in [0.2, 0.25) is 0 Å². The van der Waals surface area contributed by atoms with Crippen molar-refractivity contribution in [1.82, 2.24) is 0 Å². The standard InChI is InChI=1S/C16H20BrNO/c1-18(9-13-7-11-2-3-12(13)6-11)16-5-4-15(17)8-14(16)10-19/h4-5,8,10-13H,2-3,6-7,9H2,1H3. The fourth-order valence-corrected chi connectivity index (χ4v) is 4.40. The van der Waals surface area contributed by atoms with Gasteiger partial charge in [-0.05, 0) is 55.2 Å². The van der Waals surface area contributed by atoms with E-state index in [0.717, 1.165) is 46.3 Å². The summed E-state index contributed by atoms with van der Waals surface area (Å²) in [5, 5.41) is 0. The molecule has 3 unspecified atom stereocenters. The average molecular weight is 322 g/mol. The van der Waals surface area contributed by atoms with Crippen molar-refractivity contribution in [3.8, 4) is 0 Å². The second-order valence-electron chi connectivity index (χ2n) is 6.14. The van der Waals surface area contributed by atoms with E-state index in [4.69, 9.17) is 0 Å². The fraction of sp³-hybridized carbons (Fsp3) is 0.562. The van der Waals surface area contributed by atoms with Crippen LogP contribution in [0.25, 0.3) is 0 Å². The monoisotopic (exact) mass is 321 g/mol. The van der Waals surface area contributed by atoms with Crippen molar-refractivity contribution in [2.45, 2.75) is 25.7 Å². The lowest BCUT2D eigenvalue weighted by molar-refractivity contribution is 0.112. The van der Waals surface area contributed by atoms with Gasteiger partial charge in [-0.3, -0.25) is 4.79 Å². The smallest absolute Gasteiger partial charge is 0.152 e. The van der Waals surface area contributed by atoms with Gasteiger partial charge in [-0.25, -0.2) is 0 Å². The van der Waals surface area contributed by atoms with Crippen LogP contribution in [-0.2, 0) is 0 Å². The van der Waals surface area contributed by atoms with E-state index >= 15 is 0 Å². The van der Waals surface area contributed by atoms with Crippen LogP contribution < -0.4 is 4.90 Å². The molecule has 0 amide bonds. The van der Waals surface area contributed by atoms with Crippen LogP contribution in [0.5, 0.6) is 0 Å². The van der Waals surface area contributed by atoms with Gasteiger partial charge >= 0.3 is 0 Å². The molecular formula is C16H20BrNO. The number of hydrogen-bond acceptors (Lipinski definition) is 2. The van der Waals surface area contributed by atoms with Crippen LogP contribution in [0.15, 0.2) is 22.7 Å². The first-order valence-electron chi connectivity index (χ1n) is 7.13. The van der Waals surface area contributed by atoms with Crippen molar-refractivity contribution in [3.63, 3.8) is 0 Å². The van der Waals surface area contributed by atoms with E-state index in [1.165, 1.54) is 25.7 Å². The van der Waals surface area contributed by atoms with Crippen LogP contribution in [-0.4, -0.2) is 19.9 Å². The van der Waals surface area contributed by atoms with Crippen molar-refractivity contribution < 1.29 is 4.79 Å². The molecule has 19 heavy (non-hydrogen) atoms. The predicted molar refractivity (Wildman–Crippen MR) is 81.7 cm³/mol. The van der Waals surface area contributed by atoms with Crippen molar-refractivity contribution >= 4 is 27.9 Å². The van der Waals surface area contributed by atoms with E-state index in [0.29, 0.717) is 0 Å². The first-order valence-corrected chi connectivity index (χ1v) is 7.92. The maximum Gasteiger partial charge on any atom is 0.152 e. The number of fused-ring (bicyclic) bond motifs is 2. The van der Waals surface area contributed by atoms with Gasteiger partial charge in [0, 0.05) is 29.3 Å². The maximum absolute atomic E-state index is 11.2. The summed E-state index contributed by atoms with van der Waals surface area (Å²) < 4.78 is 0.965. The molecule has 3 atom stereocenters. The molecule has 1 aromatic carbocycles. The zero-order valence-electron chi connectivity index (χ0n) is 11.3. The first kappa shape index (κ1) is 13.2. The molecule has 2 aliphatic carbocycles. The molecule has 0 N–H and O–H groups in total. The van der Waals surface area contributed by atoms with E-state index in [1.54, 1.807) is 0 Å². The van der Waals surface area contributed by atoms with E-state index in [-0.39, 0.29) is 0 Å². The van der Waals surface area contributed by atoms with E-state index in [2.05, 4.69) is 27.9 Å². The summed E-state index contributed by atoms with van der Waals surface area (Å²) in [6.45, 7) is 1.09. The number of hydrogen-bond donors (Lipinski definition) is 0. The van der Waals surface area contributed by atoms with E-state index in [1.807, 2.05) is 18.2 Å². The van der Waals surface area contributed by atoms with Gasteiger partial charge in [-0.2, -0.15) is 0 Å². The highest BCUT2D eigenvalue weighted by Crippen LogP contribution is 2.48. The minimum atomic E-state index is 0.778. The van der Waals surface area contributed by atoms with Gasteiger partial charge in [0.15, 0.2) is 6.29 Å². The number of nitrogens with zero attached hydrogens (tertiary/aromatic N) is 1. The van der Waals surface area contributed by atoms with Crippen molar-refractivity contribution in [3.05, 3.63) is 28.2 Å². The third-order valence-corrected chi connectivity index (χ3v) is 5.41. The Labute approximate surface area is 123 Å². The number of halogens is 1. The van der Waals surface area contributed by atoms with Gasteiger partial charge in [0.05, 0.1) is 0 Å². The number of carbonyl (C=O) groups excluding carboxylic acids is 1. The Kier molecular flexibility index (Phi) is 3.66. The third-order valence-electron chi connectivity index (χ3n) is 4.92. The molecule has 3 rings (SSSR count). The minimum absolute atomic E-state index is 0.778. The SMILES string of the molecule is CN(CC1CC2CCC1C2)c1ccc(Br)cc1C=O. The van der Waals surface area contributed by atoms with E-state index in [9.17, 15) is 4.79 Å². The summed E-state index contributed by atoms with van der Waals surface area (Å²) in [6, 6.07) is 5.96. The van der Waals surface area contributed by atoms with Gasteiger partial charge in [0.1, 0.15) is 0 Å². The van der Waals surface area contributed by atoms with Crippen LogP contribution in [0.3, 0.4) is 0 Å². The Morgan fingerprint density at radius 3 is 2.84 bits per heavy atom. The lowest BCUT2D eigenvalue weighted by atomic mass is 9.88. The Balaban J connectivity index is 1.73. The highest BCUT2D eigenvalue weighted by Gasteiger charge is 2.39.